The van der Waals surface area contributed by atoms with Gasteiger partial charge in [-0.2, -0.15) is 0 Å². The normalized spacial score (nSPS) is 10.5. The maximum atomic E-state index is 11.8. The number of aliphatic hydroxyl groups is 1. The number of pyridine rings is 1. The fourth-order valence-corrected chi connectivity index (χ4v) is 1.70. The van der Waals surface area contributed by atoms with E-state index in [0.717, 1.165) is 0 Å². The van der Waals surface area contributed by atoms with E-state index in [2.05, 4.69) is 10.3 Å². The number of para-hydroxylation sites is 1. The maximum Gasteiger partial charge on any atom is 0.267 e. The number of H-pyrrole nitrogens is 1. The molecule has 2 rings (SSSR count). The first kappa shape index (κ1) is 12.3. The zero-order valence-electron chi connectivity index (χ0n) is 9.77. The first-order valence-corrected chi connectivity index (χ1v) is 5.73. The van der Waals surface area contributed by atoms with Crippen LogP contribution in [0.5, 0.6) is 0 Å². The Labute approximate surface area is 103 Å². The molecule has 1 aromatic heterocycles. The molecular weight excluding hydrogens is 232 g/mol. The summed E-state index contributed by atoms with van der Waals surface area (Å²) >= 11 is 0. The lowest BCUT2D eigenvalue weighted by atomic mass is 10.2. The van der Waals surface area contributed by atoms with Crippen LogP contribution in [0, 0.1) is 0 Å². The molecule has 0 spiro atoms. The first-order chi connectivity index (χ1) is 8.72. The smallest absolute Gasteiger partial charge is 0.267 e. The number of nitrogens with one attached hydrogen (secondary N) is 2. The van der Waals surface area contributed by atoms with E-state index >= 15 is 0 Å². The van der Waals surface area contributed by atoms with Crippen LogP contribution in [-0.2, 0) is 0 Å². The molecule has 1 aromatic carbocycles. The van der Waals surface area contributed by atoms with Crippen molar-refractivity contribution in [2.45, 2.75) is 6.42 Å². The van der Waals surface area contributed by atoms with Gasteiger partial charge in [0, 0.05) is 30.1 Å². The van der Waals surface area contributed by atoms with E-state index in [-0.39, 0.29) is 23.6 Å². The van der Waals surface area contributed by atoms with E-state index in [1.807, 2.05) is 0 Å². The highest BCUT2D eigenvalue weighted by atomic mass is 16.3. The average molecular weight is 246 g/mol. The number of aliphatic hydroxyl groups excluding tert-OH is 1. The van der Waals surface area contributed by atoms with E-state index in [1.54, 1.807) is 24.3 Å². The molecule has 0 radical (unpaired) electrons. The highest BCUT2D eigenvalue weighted by molar-refractivity contribution is 5.94. The van der Waals surface area contributed by atoms with Crippen molar-refractivity contribution in [3.8, 4) is 0 Å². The van der Waals surface area contributed by atoms with Gasteiger partial charge < -0.3 is 15.4 Å². The van der Waals surface area contributed by atoms with Crippen molar-refractivity contribution in [1.82, 2.24) is 10.3 Å². The summed E-state index contributed by atoms with van der Waals surface area (Å²) in [6, 6.07) is 8.32. The van der Waals surface area contributed by atoms with E-state index in [0.29, 0.717) is 23.9 Å². The van der Waals surface area contributed by atoms with Gasteiger partial charge in [-0.05, 0) is 18.6 Å². The van der Waals surface area contributed by atoms with Gasteiger partial charge in [0.15, 0.2) is 5.43 Å². The highest BCUT2D eigenvalue weighted by Gasteiger charge is 2.08. The van der Waals surface area contributed by atoms with Gasteiger partial charge in [-0.3, -0.25) is 9.59 Å². The van der Waals surface area contributed by atoms with Gasteiger partial charge in [-0.1, -0.05) is 12.1 Å². The Morgan fingerprint density at radius 3 is 2.89 bits per heavy atom. The Hall–Kier alpha value is -2.14. The summed E-state index contributed by atoms with van der Waals surface area (Å²) in [5.74, 6) is -0.341. The Bertz CT molecular complexity index is 619. The lowest BCUT2D eigenvalue weighted by Gasteiger charge is -2.05. The first-order valence-electron chi connectivity index (χ1n) is 5.73. The number of rotatable bonds is 4. The van der Waals surface area contributed by atoms with Crippen LogP contribution in [-0.4, -0.2) is 29.1 Å². The number of aromatic amines is 1. The van der Waals surface area contributed by atoms with Crippen LogP contribution in [0.4, 0.5) is 0 Å². The van der Waals surface area contributed by atoms with Crippen molar-refractivity contribution in [3.05, 3.63) is 46.2 Å². The van der Waals surface area contributed by atoms with Crippen molar-refractivity contribution in [2.24, 2.45) is 0 Å². The van der Waals surface area contributed by atoms with Crippen LogP contribution >= 0.6 is 0 Å². The van der Waals surface area contributed by atoms with Crippen LogP contribution in [0.25, 0.3) is 10.9 Å². The fourth-order valence-electron chi connectivity index (χ4n) is 1.70. The molecule has 5 nitrogen and oxygen atoms in total. The van der Waals surface area contributed by atoms with Crippen molar-refractivity contribution >= 4 is 16.8 Å². The van der Waals surface area contributed by atoms with E-state index in [9.17, 15) is 9.59 Å². The topological polar surface area (TPSA) is 82.2 Å². The van der Waals surface area contributed by atoms with Crippen LogP contribution in [0.2, 0.25) is 0 Å². The number of benzene rings is 1. The van der Waals surface area contributed by atoms with Crippen molar-refractivity contribution in [3.63, 3.8) is 0 Å². The monoisotopic (exact) mass is 246 g/mol. The van der Waals surface area contributed by atoms with Crippen LogP contribution in [0.15, 0.2) is 35.1 Å². The van der Waals surface area contributed by atoms with E-state index in [4.69, 9.17) is 5.11 Å². The molecule has 18 heavy (non-hydrogen) atoms. The molecule has 0 atom stereocenters. The molecule has 0 saturated heterocycles. The molecule has 94 valence electrons. The average Bonchev–Trinajstić information content (AvgIpc) is 2.39. The standard InChI is InChI=1S/C13H14N2O3/c16-7-3-6-14-13(18)11-8-12(17)9-4-1-2-5-10(9)15-11/h1-2,4-5,8,16H,3,6-7H2,(H,14,18)(H,15,17). The number of carbonyl (C=O) groups is 1. The van der Waals surface area contributed by atoms with Crippen molar-refractivity contribution < 1.29 is 9.90 Å². The largest absolute Gasteiger partial charge is 0.396 e. The SMILES string of the molecule is O=C(NCCCO)c1cc(=O)c2ccccc2[nH]1. The Morgan fingerprint density at radius 2 is 2.11 bits per heavy atom. The van der Waals surface area contributed by atoms with Gasteiger partial charge >= 0.3 is 0 Å². The van der Waals surface area contributed by atoms with E-state index in [1.165, 1.54) is 6.07 Å². The summed E-state index contributed by atoms with van der Waals surface area (Å²) in [6.07, 6.45) is 0.490. The van der Waals surface area contributed by atoms with E-state index < -0.39 is 0 Å². The van der Waals surface area contributed by atoms with Gasteiger partial charge in [-0.15, -0.1) is 0 Å². The maximum absolute atomic E-state index is 11.8. The van der Waals surface area contributed by atoms with Crippen molar-refractivity contribution in [2.75, 3.05) is 13.2 Å². The zero-order chi connectivity index (χ0) is 13.0. The van der Waals surface area contributed by atoms with Crippen LogP contribution in [0.3, 0.4) is 0 Å². The zero-order valence-corrected chi connectivity index (χ0v) is 9.77. The Balaban J connectivity index is 2.29. The summed E-state index contributed by atoms with van der Waals surface area (Å²) in [5.41, 5.74) is 0.686. The molecule has 0 aliphatic carbocycles. The van der Waals surface area contributed by atoms with Crippen LogP contribution in [0.1, 0.15) is 16.9 Å². The molecule has 3 N–H and O–H groups in total. The minimum atomic E-state index is -0.341. The lowest BCUT2D eigenvalue weighted by molar-refractivity contribution is 0.0946. The molecule has 0 bridgehead atoms. The number of hydrogen-bond donors (Lipinski definition) is 3. The second-order valence-electron chi connectivity index (χ2n) is 3.93. The third-order valence-electron chi connectivity index (χ3n) is 2.60. The molecule has 0 unspecified atom stereocenters. The minimum absolute atomic E-state index is 0.0223. The summed E-state index contributed by atoms with van der Waals surface area (Å²) in [7, 11) is 0. The van der Waals surface area contributed by atoms with Gasteiger partial charge in [0.2, 0.25) is 0 Å². The van der Waals surface area contributed by atoms with Gasteiger partial charge in [0.1, 0.15) is 5.69 Å². The fraction of sp³-hybridized carbons (Fsp3) is 0.231. The molecule has 1 amide bonds. The summed E-state index contributed by atoms with van der Waals surface area (Å²) in [6.45, 7) is 0.401. The predicted molar refractivity (Wildman–Crippen MR) is 68.6 cm³/mol. The van der Waals surface area contributed by atoms with Gasteiger partial charge in [-0.25, -0.2) is 0 Å². The summed E-state index contributed by atoms with van der Waals surface area (Å²) in [5, 5.41) is 11.8. The second-order valence-corrected chi connectivity index (χ2v) is 3.93. The van der Waals surface area contributed by atoms with Gasteiger partial charge in [0.05, 0.1) is 0 Å². The number of aromatic nitrogens is 1. The number of hydrogen-bond acceptors (Lipinski definition) is 3. The Morgan fingerprint density at radius 1 is 1.33 bits per heavy atom. The Kier molecular flexibility index (Phi) is 3.74. The molecule has 2 aromatic rings. The molecule has 0 fully saturated rings. The summed E-state index contributed by atoms with van der Waals surface area (Å²) < 4.78 is 0. The van der Waals surface area contributed by atoms with Crippen molar-refractivity contribution in [1.29, 1.82) is 0 Å². The third kappa shape index (κ3) is 2.57. The van der Waals surface area contributed by atoms with Gasteiger partial charge in [0.25, 0.3) is 5.91 Å². The number of amides is 1. The molecule has 0 saturated carbocycles. The number of carbonyl (C=O) groups excluding carboxylic acids is 1. The predicted octanol–water partition coefficient (Wildman–Crippen LogP) is 0.640. The van der Waals surface area contributed by atoms with Crippen LogP contribution < -0.4 is 10.7 Å². The molecule has 0 aliphatic heterocycles. The number of fused-ring (bicyclic) bond motifs is 1. The molecule has 5 heteroatoms. The quantitative estimate of drug-likeness (QED) is 0.692. The highest BCUT2D eigenvalue weighted by Crippen LogP contribution is 2.07. The molecular formula is C13H14N2O3. The lowest BCUT2D eigenvalue weighted by Crippen LogP contribution is -2.27. The minimum Gasteiger partial charge on any atom is -0.396 e. The molecule has 1 heterocycles. The second kappa shape index (κ2) is 5.46. The third-order valence-corrected chi connectivity index (χ3v) is 2.60. The summed E-state index contributed by atoms with van der Waals surface area (Å²) in [4.78, 5) is 26.5. The molecule has 0 aliphatic rings.